The van der Waals surface area contributed by atoms with Gasteiger partial charge in [0.2, 0.25) is 23.6 Å². The van der Waals surface area contributed by atoms with Crippen LogP contribution in [0.15, 0.2) is 54.6 Å². The van der Waals surface area contributed by atoms with Gasteiger partial charge in [0.05, 0.1) is 19.7 Å². The van der Waals surface area contributed by atoms with Crippen molar-refractivity contribution in [3.05, 3.63) is 65.7 Å². The lowest BCUT2D eigenvalue weighted by Crippen LogP contribution is -2.56. The molecule has 0 spiro atoms. The van der Waals surface area contributed by atoms with E-state index in [1.165, 1.54) is 44.9 Å². The Labute approximate surface area is 274 Å². The molecule has 0 aliphatic heterocycles. The lowest BCUT2D eigenvalue weighted by molar-refractivity contribution is -0.132. The van der Waals surface area contributed by atoms with Gasteiger partial charge in [0.25, 0.3) is 0 Å². The second-order valence-corrected chi connectivity index (χ2v) is 12.4. The van der Waals surface area contributed by atoms with Gasteiger partial charge in [-0.1, -0.05) is 87.9 Å². The number of unbranched alkanes of at least 4 members (excludes halogenated alkanes) is 1. The second-order valence-electron chi connectivity index (χ2n) is 12.4. The predicted octanol–water partition coefficient (Wildman–Crippen LogP) is 3.56. The first-order valence-corrected chi connectivity index (χ1v) is 16.9. The van der Waals surface area contributed by atoms with Crippen molar-refractivity contribution < 1.29 is 23.9 Å². The van der Waals surface area contributed by atoms with Crippen LogP contribution in [0.5, 0.6) is 5.75 Å². The molecule has 3 rings (SSSR count). The number of benzene rings is 2. The number of rotatable bonds is 19. The number of nitrogens with two attached hydrogens (primary N) is 1. The fraction of sp³-hybridized carbons (Fsp3) is 0.556. The van der Waals surface area contributed by atoms with Crippen molar-refractivity contribution in [2.45, 2.75) is 103 Å². The van der Waals surface area contributed by atoms with Gasteiger partial charge in [-0.05, 0) is 61.8 Å². The van der Waals surface area contributed by atoms with Gasteiger partial charge < -0.3 is 31.7 Å². The minimum atomic E-state index is -0.872. The van der Waals surface area contributed by atoms with Gasteiger partial charge in [0, 0.05) is 12.5 Å². The smallest absolute Gasteiger partial charge is 0.243 e. The maximum absolute atomic E-state index is 13.5. The molecule has 2 aromatic rings. The number of ether oxygens (including phenoxy) is 1. The molecule has 0 heterocycles. The number of carbonyl (C=O) groups excluding carboxylic acids is 4. The summed E-state index contributed by atoms with van der Waals surface area (Å²) in [5.41, 5.74) is 7.21. The van der Waals surface area contributed by atoms with Crippen LogP contribution in [0.3, 0.4) is 0 Å². The van der Waals surface area contributed by atoms with Gasteiger partial charge in [0.15, 0.2) is 0 Å². The summed E-state index contributed by atoms with van der Waals surface area (Å²) in [6.07, 6.45) is 11.8. The van der Waals surface area contributed by atoms with Gasteiger partial charge in [-0.2, -0.15) is 0 Å². The molecule has 0 aromatic heterocycles. The minimum Gasteiger partial charge on any atom is -0.494 e. The van der Waals surface area contributed by atoms with Crippen molar-refractivity contribution in [2.24, 2.45) is 11.7 Å². The normalized spacial score (nSPS) is 15.2. The van der Waals surface area contributed by atoms with E-state index in [4.69, 9.17) is 10.5 Å². The molecule has 10 heteroatoms. The van der Waals surface area contributed by atoms with Crippen LogP contribution >= 0.6 is 0 Å². The molecule has 1 saturated carbocycles. The number of nitrogens with one attached hydrogen (secondary N) is 4. The Morgan fingerprint density at radius 3 is 2.15 bits per heavy atom. The standard InChI is InChI=1S/C36H53N5O5/c1-3-31(40-34(43)25-38-33(42)24-37)35(44)41-32(23-28-15-8-5-9-16-28)36(45)39-26(2)22-29-17-19-30(20-18-29)46-21-11-10-14-27-12-6-4-7-13-27/h5,8-9,15-20,26-27,31-32H,3-4,6-7,10-14,21-25,37H2,1-2H3,(H,38,42)(H,39,45)(H,40,43)(H,41,44). The van der Waals surface area contributed by atoms with Crippen molar-refractivity contribution >= 4 is 23.6 Å². The number of hydrogen-bond acceptors (Lipinski definition) is 6. The maximum Gasteiger partial charge on any atom is 0.243 e. The highest BCUT2D eigenvalue weighted by Crippen LogP contribution is 2.27. The maximum atomic E-state index is 13.5. The molecular weight excluding hydrogens is 582 g/mol. The first-order valence-electron chi connectivity index (χ1n) is 16.9. The molecule has 0 bridgehead atoms. The highest BCUT2D eigenvalue weighted by Gasteiger charge is 2.27. The summed E-state index contributed by atoms with van der Waals surface area (Å²) in [6.45, 7) is 3.88. The van der Waals surface area contributed by atoms with Crippen molar-refractivity contribution in [2.75, 3.05) is 19.7 Å². The van der Waals surface area contributed by atoms with Crippen molar-refractivity contribution in [3.63, 3.8) is 0 Å². The summed E-state index contributed by atoms with van der Waals surface area (Å²) < 4.78 is 5.97. The predicted molar refractivity (Wildman–Crippen MR) is 180 cm³/mol. The van der Waals surface area contributed by atoms with Gasteiger partial charge in [-0.3, -0.25) is 19.2 Å². The molecule has 4 amide bonds. The Bertz CT molecular complexity index is 1220. The van der Waals surface area contributed by atoms with E-state index in [-0.39, 0.29) is 31.5 Å². The lowest BCUT2D eigenvalue weighted by Gasteiger charge is -2.24. The fourth-order valence-corrected chi connectivity index (χ4v) is 5.85. The summed E-state index contributed by atoms with van der Waals surface area (Å²) in [6, 6.07) is 15.5. The Balaban J connectivity index is 1.49. The van der Waals surface area contributed by atoms with E-state index in [9.17, 15) is 19.2 Å². The summed E-state index contributed by atoms with van der Waals surface area (Å²) in [5.74, 6) is -0.0233. The zero-order valence-corrected chi connectivity index (χ0v) is 27.5. The Morgan fingerprint density at radius 2 is 1.48 bits per heavy atom. The number of carbonyl (C=O) groups is 4. The second kappa shape index (κ2) is 20.3. The molecule has 6 N–H and O–H groups in total. The Kier molecular flexibility index (Phi) is 16.1. The zero-order valence-electron chi connectivity index (χ0n) is 27.5. The molecule has 3 atom stereocenters. The molecule has 1 aliphatic carbocycles. The summed E-state index contributed by atoms with van der Waals surface area (Å²) in [7, 11) is 0. The molecule has 10 nitrogen and oxygen atoms in total. The summed E-state index contributed by atoms with van der Waals surface area (Å²) in [4.78, 5) is 50.3. The number of amides is 4. The first kappa shape index (κ1) is 36.5. The average molecular weight is 636 g/mol. The Morgan fingerprint density at radius 1 is 0.804 bits per heavy atom. The topological polar surface area (TPSA) is 152 Å². The number of hydrogen-bond donors (Lipinski definition) is 5. The van der Waals surface area contributed by atoms with E-state index >= 15 is 0 Å². The molecule has 3 unspecified atom stereocenters. The van der Waals surface area contributed by atoms with Crippen LogP contribution in [-0.4, -0.2) is 61.5 Å². The van der Waals surface area contributed by atoms with E-state index in [2.05, 4.69) is 21.3 Å². The van der Waals surface area contributed by atoms with E-state index in [0.29, 0.717) is 12.8 Å². The molecule has 2 aromatic carbocycles. The van der Waals surface area contributed by atoms with E-state index in [1.54, 1.807) is 6.92 Å². The molecule has 0 radical (unpaired) electrons. The van der Waals surface area contributed by atoms with Crippen LogP contribution in [0.4, 0.5) is 0 Å². The van der Waals surface area contributed by atoms with Crippen molar-refractivity contribution in [3.8, 4) is 5.75 Å². The van der Waals surface area contributed by atoms with Crippen LogP contribution < -0.4 is 31.7 Å². The minimum absolute atomic E-state index is 0.193. The SMILES string of the molecule is CCC(NC(=O)CNC(=O)CN)C(=O)NC(Cc1ccccc1)C(=O)NC(C)Cc1ccc(OCCCCC2CCCCC2)cc1. The van der Waals surface area contributed by atoms with Crippen LogP contribution in [-0.2, 0) is 32.0 Å². The van der Waals surface area contributed by atoms with Crippen LogP contribution in [0, 0.1) is 5.92 Å². The molecule has 1 aliphatic rings. The zero-order chi connectivity index (χ0) is 33.1. The fourth-order valence-electron chi connectivity index (χ4n) is 5.85. The van der Waals surface area contributed by atoms with Gasteiger partial charge >= 0.3 is 0 Å². The van der Waals surface area contributed by atoms with E-state index < -0.39 is 29.8 Å². The highest BCUT2D eigenvalue weighted by atomic mass is 16.5. The van der Waals surface area contributed by atoms with Gasteiger partial charge in [-0.15, -0.1) is 0 Å². The third-order valence-electron chi connectivity index (χ3n) is 8.46. The largest absolute Gasteiger partial charge is 0.494 e. The third kappa shape index (κ3) is 13.6. The van der Waals surface area contributed by atoms with E-state index in [1.807, 2.05) is 61.5 Å². The van der Waals surface area contributed by atoms with Crippen LogP contribution in [0.1, 0.15) is 82.8 Å². The van der Waals surface area contributed by atoms with Gasteiger partial charge in [-0.25, -0.2) is 0 Å². The Hall–Kier alpha value is -3.92. The molecule has 0 saturated heterocycles. The average Bonchev–Trinajstić information content (AvgIpc) is 3.07. The molecular formula is C36H53N5O5. The third-order valence-corrected chi connectivity index (χ3v) is 8.46. The van der Waals surface area contributed by atoms with Crippen LogP contribution in [0.2, 0.25) is 0 Å². The molecule has 1 fully saturated rings. The van der Waals surface area contributed by atoms with Crippen molar-refractivity contribution in [1.82, 2.24) is 21.3 Å². The highest BCUT2D eigenvalue weighted by molar-refractivity contribution is 5.93. The summed E-state index contributed by atoms with van der Waals surface area (Å²) in [5, 5.41) is 10.9. The first-order chi connectivity index (χ1) is 22.3. The van der Waals surface area contributed by atoms with Crippen LogP contribution in [0.25, 0.3) is 0 Å². The van der Waals surface area contributed by atoms with Crippen molar-refractivity contribution in [1.29, 1.82) is 0 Å². The summed E-state index contributed by atoms with van der Waals surface area (Å²) >= 11 is 0. The quantitative estimate of drug-likeness (QED) is 0.149. The monoisotopic (exact) mass is 635 g/mol. The van der Waals surface area contributed by atoms with Gasteiger partial charge in [0.1, 0.15) is 17.8 Å². The lowest BCUT2D eigenvalue weighted by atomic mass is 9.86. The molecule has 252 valence electrons. The van der Waals surface area contributed by atoms with E-state index in [0.717, 1.165) is 35.8 Å². The molecule has 46 heavy (non-hydrogen) atoms.